The second-order valence-corrected chi connectivity index (χ2v) is 17.7. The van der Waals surface area contributed by atoms with Crippen LogP contribution in [0.5, 0.6) is 0 Å². The summed E-state index contributed by atoms with van der Waals surface area (Å²) in [5.41, 5.74) is 23.4. The highest BCUT2D eigenvalue weighted by Gasteiger charge is 2.37. The topological polar surface area (TPSA) is 3.24 Å². The maximum Gasteiger partial charge on any atom is 0.0546 e. The largest absolute Gasteiger partial charge is 0.309 e. The van der Waals surface area contributed by atoms with E-state index in [0.717, 1.165) is 17.1 Å². The predicted molar refractivity (Wildman–Crippen MR) is 258 cm³/mol. The molecule has 0 amide bonds. The second kappa shape index (κ2) is 14.2. The highest BCUT2D eigenvalue weighted by atomic mass is 15.1. The lowest BCUT2D eigenvalue weighted by atomic mass is 9.81. The van der Waals surface area contributed by atoms with E-state index >= 15 is 0 Å². The van der Waals surface area contributed by atoms with Gasteiger partial charge in [0, 0.05) is 27.6 Å². The quantitative estimate of drug-likeness (QED) is 0.156. The summed E-state index contributed by atoms with van der Waals surface area (Å²) >= 11 is 0. The predicted octanol–water partition coefficient (Wildman–Crippen LogP) is 16.4. The van der Waals surface area contributed by atoms with E-state index in [-0.39, 0.29) is 10.8 Å². The first kappa shape index (κ1) is 36.8. The lowest BCUT2D eigenvalue weighted by Crippen LogP contribution is -2.16. The Morgan fingerprint density at radius 3 is 1.44 bits per heavy atom. The zero-order valence-corrected chi connectivity index (χ0v) is 35.2. The highest BCUT2D eigenvalue weighted by Crippen LogP contribution is 2.55. The molecule has 0 aliphatic heterocycles. The molecule has 0 bridgehead atoms. The number of para-hydroxylation sites is 1. The monoisotopic (exact) mass is 781 g/mol. The van der Waals surface area contributed by atoms with Crippen LogP contribution in [0.2, 0.25) is 0 Å². The molecule has 0 aromatic heterocycles. The molecule has 11 rings (SSSR count). The lowest BCUT2D eigenvalue weighted by molar-refractivity contribution is 0.660. The number of fused-ring (bicyclic) bond motifs is 6. The minimum absolute atomic E-state index is 0.102. The van der Waals surface area contributed by atoms with Crippen LogP contribution in [0.3, 0.4) is 0 Å². The third-order valence-corrected chi connectivity index (χ3v) is 13.5. The summed E-state index contributed by atoms with van der Waals surface area (Å²) in [6, 6.07) is 78.7. The average molecular weight is 782 g/mol. The Morgan fingerprint density at radius 1 is 0.279 bits per heavy atom. The summed E-state index contributed by atoms with van der Waals surface area (Å²) in [6.45, 7) is 9.46. The number of anilines is 3. The molecule has 0 N–H and O–H groups in total. The fourth-order valence-corrected chi connectivity index (χ4v) is 10.5. The smallest absolute Gasteiger partial charge is 0.0546 e. The van der Waals surface area contributed by atoms with Crippen LogP contribution in [0, 0.1) is 0 Å². The van der Waals surface area contributed by atoms with Gasteiger partial charge in [0.1, 0.15) is 0 Å². The molecule has 0 radical (unpaired) electrons. The molecule has 0 spiro atoms. The van der Waals surface area contributed by atoms with Crippen LogP contribution < -0.4 is 4.90 Å². The van der Waals surface area contributed by atoms with Crippen molar-refractivity contribution >= 4 is 17.1 Å². The maximum absolute atomic E-state index is 2.54. The van der Waals surface area contributed by atoms with Crippen molar-refractivity contribution in [1.82, 2.24) is 0 Å². The Morgan fingerprint density at radius 2 is 0.754 bits per heavy atom. The Balaban J connectivity index is 1.21. The molecule has 0 unspecified atom stereocenters. The molecule has 0 fully saturated rings. The summed E-state index contributed by atoms with van der Waals surface area (Å²) in [4.78, 5) is 2.54. The lowest BCUT2D eigenvalue weighted by Gasteiger charge is -2.32. The van der Waals surface area contributed by atoms with Gasteiger partial charge in [0.25, 0.3) is 0 Å². The van der Waals surface area contributed by atoms with Crippen LogP contribution in [-0.4, -0.2) is 0 Å². The summed E-state index contributed by atoms with van der Waals surface area (Å²) in [7, 11) is 0. The van der Waals surface area contributed by atoms with Gasteiger partial charge >= 0.3 is 0 Å². The Kier molecular flexibility index (Phi) is 8.58. The van der Waals surface area contributed by atoms with Gasteiger partial charge in [-0.05, 0) is 108 Å². The van der Waals surface area contributed by atoms with E-state index in [1.807, 2.05) is 0 Å². The van der Waals surface area contributed by atoms with Gasteiger partial charge in [0.2, 0.25) is 0 Å². The first-order valence-electron chi connectivity index (χ1n) is 21.5. The molecular weight excluding hydrogens is 735 g/mol. The van der Waals surface area contributed by atoms with Crippen molar-refractivity contribution in [1.29, 1.82) is 0 Å². The van der Waals surface area contributed by atoms with Crippen LogP contribution in [0.15, 0.2) is 212 Å². The SMILES string of the molecule is CC1(C)c2ccccc2-c2cc(N(c3ccccc3-c3ccc4c(c3)C(C)(C)c3ccccc3-4)c3cccc(-c4ccccc4)c3-c3ccccc3-c3ccccc3)ccc21. The maximum atomic E-state index is 2.54. The molecule has 0 heterocycles. The zero-order chi connectivity index (χ0) is 41.3. The van der Waals surface area contributed by atoms with Crippen molar-refractivity contribution in [3.8, 4) is 66.8 Å². The van der Waals surface area contributed by atoms with E-state index in [2.05, 4.69) is 245 Å². The van der Waals surface area contributed by atoms with E-state index in [9.17, 15) is 0 Å². The fourth-order valence-electron chi connectivity index (χ4n) is 10.5. The van der Waals surface area contributed by atoms with Gasteiger partial charge in [-0.3, -0.25) is 0 Å². The van der Waals surface area contributed by atoms with Crippen LogP contribution in [0.25, 0.3) is 66.8 Å². The van der Waals surface area contributed by atoms with Crippen molar-refractivity contribution < 1.29 is 0 Å². The van der Waals surface area contributed by atoms with Gasteiger partial charge in [-0.2, -0.15) is 0 Å². The third-order valence-electron chi connectivity index (χ3n) is 13.5. The number of benzene rings is 9. The van der Waals surface area contributed by atoms with Gasteiger partial charge in [-0.1, -0.05) is 210 Å². The standard InChI is InChI=1S/C60H47N/c1-59(2)53-31-17-14-27-48(53)51-39-43(35-37-54(51)59)61(56-32-18-15-25-45(56)42-34-36-49-47-26-13-16-30-52(47)60(3,4)55(49)38-42)57-33-19-29-46(41-22-9-6-10-23-41)58(57)50-28-12-11-24-44(50)40-20-7-5-8-21-40/h5-39H,1-4H3. The molecule has 61 heavy (non-hydrogen) atoms. The van der Waals surface area contributed by atoms with E-state index in [4.69, 9.17) is 0 Å². The number of hydrogen-bond acceptors (Lipinski definition) is 1. The van der Waals surface area contributed by atoms with Crippen molar-refractivity contribution in [2.24, 2.45) is 0 Å². The molecule has 0 saturated heterocycles. The van der Waals surface area contributed by atoms with Crippen LogP contribution in [0.1, 0.15) is 49.9 Å². The summed E-state index contributed by atoms with van der Waals surface area (Å²) < 4.78 is 0. The first-order valence-corrected chi connectivity index (χ1v) is 21.5. The Hall–Kier alpha value is -7.22. The third kappa shape index (κ3) is 5.83. The number of hydrogen-bond donors (Lipinski definition) is 0. The van der Waals surface area contributed by atoms with Gasteiger partial charge in [-0.25, -0.2) is 0 Å². The zero-order valence-electron chi connectivity index (χ0n) is 35.2. The van der Waals surface area contributed by atoms with Gasteiger partial charge < -0.3 is 4.90 Å². The van der Waals surface area contributed by atoms with Crippen molar-refractivity contribution in [3.63, 3.8) is 0 Å². The van der Waals surface area contributed by atoms with E-state index < -0.39 is 0 Å². The van der Waals surface area contributed by atoms with Crippen molar-refractivity contribution in [2.75, 3.05) is 4.90 Å². The summed E-state index contributed by atoms with van der Waals surface area (Å²) in [5.74, 6) is 0. The van der Waals surface area contributed by atoms with Crippen LogP contribution >= 0.6 is 0 Å². The molecular formula is C60H47N. The van der Waals surface area contributed by atoms with Crippen LogP contribution in [0.4, 0.5) is 17.1 Å². The molecule has 292 valence electrons. The minimum atomic E-state index is -0.116. The molecule has 2 aliphatic rings. The minimum Gasteiger partial charge on any atom is -0.309 e. The van der Waals surface area contributed by atoms with Gasteiger partial charge in [0.15, 0.2) is 0 Å². The number of nitrogens with zero attached hydrogens (tertiary/aromatic N) is 1. The molecule has 1 heteroatoms. The molecule has 1 nitrogen and oxygen atoms in total. The van der Waals surface area contributed by atoms with Crippen molar-refractivity contribution in [2.45, 2.75) is 38.5 Å². The van der Waals surface area contributed by atoms with Gasteiger partial charge in [-0.15, -0.1) is 0 Å². The van der Waals surface area contributed by atoms with Crippen molar-refractivity contribution in [3.05, 3.63) is 235 Å². The van der Waals surface area contributed by atoms with E-state index in [1.165, 1.54) is 89.0 Å². The molecule has 9 aromatic rings. The summed E-state index contributed by atoms with van der Waals surface area (Å²) in [6.07, 6.45) is 0. The molecule has 2 aliphatic carbocycles. The molecule has 9 aromatic carbocycles. The first-order chi connectivity index (χ1) is 29.8. The molecule has 0 saturated carbocycles. The van der Waals surface area contributed by atoms with Gasteiger partial charge in [0.05, 0.1) is 11.4 Å². The number of rotatable bonds is 7. The Bertz CT molecular complexity index is 3130. The summed E-state index contributed by atoms with van der Waals surface area (Å²) in [5, 5.41) is 0. The fraction of sp³-hybridized carbons (Fsp3) is 0.100. The van der Waals surface area contributed by atoms with E-state index in [1.54, 1.807) is 0 Å². The molecule has 0 atom stereocenters. The average Bonchev–Trinajstić information content (AvgIpc) is 3.68. The normalized spacial score (nSPS) is 13.8. The van der Waals surface area contributed by atoms with Crippen LogP contribution in [-0.2, 0) is 10.8 Å². The highest BCUT2D eigenvalue weighted by molar-refractivity contribution is 6.03. The Labute approximate surface area is 360 Å². The second-order valence-electron chi connectivity index (χ2n) is 17.7. The van der Waals surface area contributed by atoms with E-state index in [0.29, 0.717) is 0 Å².